The molecule has 0 saturated carbocycles. The van der Waals surface area contributed by atoms with E-state index in [0.717, 1.165) is 70.1 Å². The number of thioether (sulfide) groups is 2. The Morgan fingerprint density at radius 3 is 1.63 bits per heavy atom. The van der Waals surface area contributed by atoms with Crippen LogP contribution >= 0.6 is 23.5 Å². The maximum atomic E-state index is 12.7. The van der Waals surface area contributed by atoms with E-state index < -0.39 is 10.5 Å². The van der Waals surface area contributed by atoms with Crippen LogP contribution in [-0.2, 0) is 22.4 Å². The van der Waals surface area contributed by atoms with E-state index in [4.69, 9.17) is 13.9 Å². The van der Waals surface area contributed by atoms with Gasteiger partial charge in [0.1, 0.15) is 23.7 Å². The molecule has 5 rings (SSSR count). The van der Waals surface area contributed by atoms with Crippen LogP contribution in [0.3, 0.4) is 0 Å². The number of amides is 2. The Labute approximate surface area is 258 Å². The Bertz CT molecular complexity index is 1470. The Morgan fingerprint density at radius 1 is 0.791 bits per heavy atom. The van der Waals surface area contributed by atoms with Gasteiger partial charge in [-0.15, -0.1) is 10.2 Å². The first-order chi connectivity index (χ1) is 20.5. The highest BCUT2D eigenvalue weighted by molar-refractivity contribution is 8.01. The lowest BCUT2D eigenvalue weighted by Crippen LogP contribution is -2.27. The van der Waals surface area contributed by atoms with E-state index in [1.165, 1.54) is 0 Å². The summed E-state index contributed by atoms with van der Waals surface area (Å²) in [4.78, 5) is 25.3. The Kier molecular flexibility index (Phi) is 9.40. The third-order valence-electron chi connectivity index (χ3n) is 6.98. The van der Waals surface area contributed by atoms with Gasteiger partial charge in [0, 0.05) is 12.8 Å². The summed E-state index contributed by atoms with van der Waals surface area (Å²) in [6, 6.07) is 11.8. The fraction of sp³-hybridized carbons (Fsp3) is 0.400. The Morgan fingerprint density at radius 2 is 1.21 bits per heavy atom. The van der Waals surface area contributed by atoms with Crippen molar-refractivity contribution in [1.29, 1.82) is 0 Å². The van der Waals surface area contributed by atoms with E-state index >= 15 is 0 Å². The molecule has 2 amide bonds. The minimum Gasteiger partial charge on any atom is -0.490 e. The average molecular weight is 623 g/mol. The molecule has 3 aromatic rings. The molecule has 0 spiro atoms. The highest BCUT2D eigenvalue weighted by Crippen LogP contribution is 2.31. The maximum Gasteiger partial charge on any atom is 0.278 e. The van der Waals surface area contributed by atoms with Gasteiger partial charge in [0.25, 0.3) is 22.3 Å². The number of fused-ring (bicyclic) bond motifs is 2. The summed E-state index contributed by atoms with van der Waals surface area (Å²) < 4.78 is 17.2. The fourth-order valence-corrected chi connectivity index (χ4v) is 5.99. The van der Waals surface area contributed by atoms with E-state index in [9.17, 15) is 9.59 Å². The third-order valence-corrected chi connectivity index (χ3v) is 8.85. The molecule has 13 heteroatoms. The second-order valence-electron chi connectivity index (χ2n) is 10.6. The van der Waals surface area contributed by atoms with Gasteiger partial charge in [-0.2, -0.15) is 10.2 Å². The number of aromatic nitrogens is 2. The van der Waals surface area contributed by atoms with Crippen LogP contribution in [0.1, 0.15) is 63.8 Å². The van der Waals surface area contributed by atoms with Gasteiger partial charge in [-0.05, 0) is 100 Å². The number of rotatable bonds is 10. The predicted octanol–water partition coefficient (Wildman–Crippen LogP) is 4.76. The molecule has 0 unspecified atom stereocenters. The second-order valence-corrected chi connectivity index (χ2v) is 13.2. The van der Waals surface area contributed by atoms with E-state index in [0.29, 0.717) is 11.4 Å². The molecule has 1 aromatic heterocycles. The van der Waals surface area contributed by atoms with Crippen LogP contribution in [0.2, 0.25) is 0 Å². The third kappa shape index (κ3) is 7.57. The summed E-state index contributed by atoms with van der Waals surface area (Å²) in [5.74, 6) is 1.18. The van der Waals surface area contributed by atoms with Gasteiger partial charge < -0.3 is 13.9 Å². The number of benzene rings is 2. The molecule has 11 nitrogen and oxygen atoms in total. The van der Waals surface area contributed by atoms with Crippen molar-refractivity contribution >= 4 is 46.8 Å². The Balaban J connectivity index is 1.09. The van der Waals surface area contributed by atoms with Gasteiger partial charge >= 0.3 is 0 Å². The molecule has 226 valence electrons. The molecule has 0 bridgehead atoms. The molecule has 3 heterocycles. The zero-order chi connectivity index (χ0) is 30.7. The van der Waals surface area contributed by atoms with Crippen molar-refractivity contribution in [1.82, 2.24) is 21.0 Å². The van der Waals surface area contributed by atoms with E-state index in [1.54, 1.807) is 13.8 Å². The van der Waals surface area contributed by atoms with Gasteiger partial charge in [-0.1, -0.05) is 23.5 Å². The second kappa shape index (κ2) is 13.2. The number of nitrogens with zero attached hydrogens (tertiary/aromatic N) is 4. The van der Waals surface area contributed by atoms with Crippen molar-refractivity contribution in [2.24, 2.45) is 10.2 Å². The van der Waals surface area contributed by atoms with Crippen LogP contribution in [0.5, 0.6) is 11.5 Å². The van der Waals surface area contributed by atoms with Crippen molar-refractivity contribution in [3.63, 3.8) is 0 Å². The summed E-state index contributed by atoms with van der Waals surface area (Å²) in [6.45, 7) is 11.2. The van der Waals surface area contributed by atoms with Gasteiger partial charge in [0.15, 0.2) is 0 Å². The zero-order valence-electron chi connectivity index (χ0n) is 24.8. The molecule has 0 saturated heterocycles. The van der Waals surface area contributed by atoms with Crippen molar-refractivity contribution in [3.05, 3.63) is 58.7 Å². The monoisotopic (exact) mass is 622 g/mol. The minimum atomic E-state index is -0.545. The van der Waals surface area contributed by atoms with E-state index in [2.05, 4.69) is 31.3 Å². The molecule has 43 heavy (non-hydrogen) atoms. The first-order valence-electron chi connectivity index (χ1n) is 14.0. The lowest BCUT2D eigenvalue weighted by atomic mass is 10.0. The number of hydrogen-bond acceptors (Lipinski definition) is 11. The van der Waals surface area contributed by atoms with Crippen molar-refractivity contribution < 1.29 is 23.5 Å². The smallest absolute Gasteiger partial charge is 0.278 e. The van der Waals surface area contributed by atoms with Crippen LogP contribution in [0, 0.1) is 0 Å². The molecular weight excluding hydrogens is 589 g/mol. The molecule has 4 atom stereocenters. The SMILES string of the molecule is C/C(=N/NC(=O)[C@H](C)Sc1nnc(S[C@@H](C)C(=O)N/N=C(/C)c2ccc3c(c2)C[C@H](C)O3)o1)c1ccc2c(c1)C[C@@H](C)O2. The summed E-state index contributed by atoms with van der Waals surface area (Å²) in [5.41, 5.74) is 10.7. The summed E-state index contributed by atoms with van der Waals surface area (Å²) >= 11 is 2.22. The van der Waals surface area contributed by atoms with Crippen LogP contribution in [0.25, 0.3) is 0 Å². The quantitative estimate of drug-likeness (QED) is 0.186. The number of ether oxygens (including phenoxy) is 2. The first-order valence-corrected chi connectivity index (χ1v) is 15.8. The van der Waals surface area contributed by atoms with Gasteiger partial charge in [0.05, 0.1) is 21.9 Å². The maximum absolute atomic E-state index is 12.7. The average Bonchev–Trinajstić information content (AvgIpc) is 3.69. The lowest BCUT2D eigenvalue weighted by Gasteiger charge is -2.09. The molecule has 2 aliphatic rings. The van der Waals surface area contributed by atoms with Crippen LogP contribution in [0.4, 0.5) is 0 Å². The molecule has 0 radical (unpaired) electrons. The molecule has 0 fully saturated rings. The fourth-order valence-electron chi connectivity index (χ4n) is 4.58. The number of hydrogen-bond donors (Lipinski definition) is 2. The number of hydrazone groups is 2. The first kappa shape index (κ1) is 30.6. The van der Waals surface area contributed by atoms with Crippen LogP contribution in [0.15, 0.2) is 61.5 Å². The van der Waals surface area contributed by atoms with Crippen molar-refractivity contribution in [2.75, 3.05) is 0 Å². The van der Waals surface area contributed by atoms with Gasteiger partial charge in [-0.25, -0.2) is 10.9 Å². The minimum absolute atomic E-state index is 0.161. The van der Waals surface area contributed by atoms with Crippen molar-refractivity contribution in [3.8, 4) is 11.5 Å². The zero-order valence-corrected chi connectivity index (χ0v) is 26.5. The van der Waals surface area contributed by atoms with E-state index in [1.807, 2.05) is 64.1 Å². The number of nitrogens with one attached hydrogen (secondary N) is 2. The highest BCUT2D eigenvalue weighted by Gasteiger charge is 2.23. The molecule has 0 aliphatic carbocycles. The summed E-state index contributed by atoms with van der Waals surface area (Å²) in [5, 5.41) is 15.9. The summed E-state index contributed by atoms with van der Waals surface area (Å²) in [6.07, 6.45) is 2.02. The normalized spacial score (nSPS) is 19.1. The van der Waals surface area contributed by atoms with Gasteiger partial charge in [0.2, 0.25) is 0 Å². The topological polar surface area (TPSA) is 140 Å². The standard InChI is InChI=1S/C30H34N6O5S2/c1-15-11-23-13-21(7-9-25(23)39-15)17(3)31-33-27(37)19(5)42-29-35-36-30(41-29)43-20(6)28(38)34-32-18(4)22-8-10-26-24(14-22)12-16(2)40-26/h7-10,13-16,19-20H,11-12H2,1-6H3,(H,33,37)(H,34,38)/b31-17-,32-18-/t15-,16+,19-,20-/m0/s1. The molecule has 2 aromatic carbocycles. The van der Waals surface area contributed by atoms with E-state index in [-0.39, 0.29) is 34.5 Å². The van der Waals surface area contributed by atoms with Gasteiger partial charge in [-0.3, -0.25) is 9.59 Å². The summed E-state index contributed by atoms with van der Waals surface area (Å²) in [7, 11) is 0. The largest absolute Gasteiger partial charge is 0.490 e. The lowest BCUT2D eigenvalue weighted by molar-refractivity contribution is -0.121. The molecular formula is C30H34N6O5S2. The van der Waals surface area contributed by atoms with Crippen molar-refractivity contribution in [2.45, 2.75) is 87.5 Å². The highest BCUT2D eigenvalue weighted by atomic mass is 32.2. The predicted molar refractivity (Wildman–Crippen MR) is 166 cm³/mol. The Hall–Kier alpha value is -3.84. The molecule has 2 aliphatic heterocycles. The van der Waals surface area contributed by atoms with Crippen LogP contribution < -0.4 is 20.3 Å². The molecule has 2 N–H and O–H groups in total. The van der Waals surface area contributed by atoms with Crippen LogP contribution in [-0.4, -0.2) is 56.1 Å². The number of carbonyl (C=O) groups excluding carboxylic acids is 2. The number of carbonyl (C=O) groups is 2.